The van der Waals surface area contributed by atoms with Gasteiger partial charge >= 0.3 is 5.97 Å². The van der Waals surface area contributed by atoms with Gasteiger partial charge in [-0.25, -0.2) is 0 Å². The molecule has 1 aliphatic carbocycles. The standard InChI is InChI=1S/C12H19N3O3/c1-12(2,3)15(7-10(16)17)6-9-13-11(14-18-9)8-4-5-8/h8H,4-7H2,1-3H3,(H,16,17). The molecule has 0 radical (unpaired) electrons. The summed E-state index contributed by atoms with van der Waals surface area (Å²) in [7, 11) is 0. The second-order valence-corrected chi connectivity index (χ2v) is 5.74. The van der Waals surface area contributed by atoms with Crippen molar-refractivity contribution in [2.75, 3.05) is 6.54 Å². The van der Waals surface area contributed by atoms with Crippen LogP contribution in [0.5, 0.6) is 0 Å². The summed E-state index contributed by atoms with van der Waals surface area (Å²) in [5.74, 6) is 0.846. The first-order valence-corrected chi connectivity index (χ1v) is 6.15. The SMILES string of the molecule is CC(C)(C)N(CC(=O)O)Cc1nc(C2CC2)no1. The number of rotatable bonds is 5. The van der Waals surface area contributed by atoms with E-state index >= 15 is 0 Å². The minimum Gasteiger partial charge on any atom is -0.480 e. The molecule has 1 N–H and O–H groups in total. The Balaban J connectivity index is 2.04. The fraction of sp³-hybridized carbons (Fsp3) is 0.750. The first-order valence-electron chi connectivity index (χ1n) is 6.15. The van der Waals surface area contributed by atoms with Crippen LogP contribution in [0.25, 0.3) is 0 Å². The molecule has 1 aromatic rings. The first-order chi connectivity index (χ1) is 8.36. The van der Waals surface area contributed by atoms with E-state index in [1.165, 1.54) is 0 Å². The highest BCUT2D eigenvalue weighted by molar-refractivity contribution is 5.69. The van der Waals surface area contributed by atoms with Crippen LogP contribution in [0.15, 0.2) is 4.52 Å². The van der Waals surface area contributed by atoms with E-state index in [-0.39, 0.29) is 12.1 Å². The normalized spacial score (nSPS) is 16.2. The predicted molar refractivity (Wildman–Crippen MR) is 64.1 cm³/mol. The van der Waals surface area contributed by atoms with Crippen LogP contribution in [0.1, 0.15) is 51.2 Å². The number of carboxylic acids is 1. The van der Waals surface area contributed by atoms with Gasteiger partial charge in [0.2, 0.25) is 5.89 Å². The predicted octanol–water partition coefficient (Wildman–Crippen LogP) is 1.63. The average Bonchev–Trinajstić information content (AvgIpc) is 2.97. The van der Waals surface area contributed by atoms with Crippen LogP contribution in [0.4, 0.5) is 0 Å². The molecule has 1 aromatic heterocycles. The van der Waals surface area contributed by atoms with Crippen molar-refractivity contribution in [2.45, 2.75) is 51.6 Å². The van der Waals surface area contributed by atoms with Crippen LogP contribution < -0.4 is 0 Å². The minimum atomic E-state index is -0.855. The first kappa shape index (κ1) is 13.0. The van der Waals surface area contributed by atoms with E-state index in [0.29, 0.717) is 18.4 Å². The number of nitrogens with zero attached hydrogens (tertiary/aromatic N) is 3. The van der Waals surface area contributed by atoms with Crippen LogP contribution in [-0.2, 0) is 11.3 Å². The Kier molecular flexibility index (Phi) is 3.38. The van der Waals surface area contributed by atoms with Gasteiger partial charge < -0.3 is 9.63 Å². The highest BCUT2D eigenvalue weighted by Crippen LogP contribution is 2.38. The summed E-state index contributed by atoms with van der Waals surface area (Å²) in [5, 5.41) is 12.9. The Morgan fingerprint density at radius 1 is 1.50 bits per heavy atom. The van der Waals surface area contributed by atoms with Crippen LogP contribution >= 0.6 is 0 Å². The zero-order chi connectivity index (χ0) is 13.3. The molecular weight excluding hydrogens is 234 g/mol. The largest absolute Gasteiger partial charge is 0.480 e. The van der Waals surface area contributed by atoms with Gasteiger partial charge in [-0.3, -0.25) is 9.69 Å². The molecule has 1 fully saturated rings. The molecular formula is C12H19N3O3. The van der Waals surface area contributed by atoms with Crippen molar-refractivity contribution in [1.82, 2.24) is 15.0 Å². The Bertz CT molecular complexity index is 432. The molecule has 6 heteroatoms. The lowest BCUT2D eigenvalue weighted by Gasteiger charge is -2.32. The van der Waals surface area contributed by atoms with E-state index in [2.05, 4.69) is 10.1 Å². The Morgan fingerprint density at radius 3 is 2.67 bits per heavy atom. The summed E-state index contributed by atoms with van der Waals surface area (Å²) in [6.07, 6.45) is 2.24. The van der Waals surface area contributed by atoms with Crippen molar-refractivity contribution >= 4 is 5.97 Å². The number of aromatic nitrogens is 2. The number of hydrogen-bond acceptors (Lipinski definition) is 5. The van der Waals surface area contributed by atoms with Gasteiger partial charge in [-0.05, 0) is 33.6 Å². The summed E-state index contributed by atoms with van der Waals surface area (Å²) in [5.41, 5.74) is -0.257. The monoisotopic (exact) mass is 253 g/mol. The molecule has 0 spiro atoms. The van der Waals surface area contributed by atoms with Crippen molar-refractivity contribution in [3.63, 3.8) is 0 Å². The number of hydrogen-bond donors (Lipinski definition) is 1. The van der Waals surface area contributed by atoms with E-state index in [4.69, 9.17) is 9.63 Å². The third kappa shape index (κ3) is 3.29. The molecule has 0 unspecified atom stereocenters. The van der Waals surface area contributed by atoms with E-state index in [1.807, 2.05) is 20.8 Å². The van der Waals surface area contributed by atoms with Crippen LogP contribution in [0.2, 0.25) is 0 Å². The maximum Gasteiger partial charge on any atom is 0.317 e. The lowest BCUT2D eigenvalue weighted by molar-refractivity contribution is -0.140. The fourth-order valence-corrected chi connectivity index (χ4v) is 1.70. The van der Waals surface area contributed by atoms with Gasteiger partial charge in [0.25, 0.3) is 0 Å². The van der Waals surface area contributed by atoms with Gasteiger partial charge in [-0.2, -0.15) is 4.98 Å². The molecule has 0 atom stereocenters. The third-order valence-corrected chi connectivity index (χ3v) is 3.03. The smallest absolute Gasteiger partial charge is 0.317 e. The van der Waals surface area contributed by atoms with Crippen molar-refractivity contribution in [3.05, 3.63) is 11.7 Å². The molecule has 18 heavy (non-hydrogen) atoms. The summed E-state index contributed by atoms with van der Waals surface area (Å²) < 4.78 is 5.18. The summed E-state index contributed by atoms with van der Waals surface area (Å²) in [4.78, 5) is 17.0. The summed E-state index contributed by atoms with van der Waals surface area (Å²) in [6.45, 7) is 6.23. The summed E-state index contributed by atoms with van der Waals surface area (Å²) in [6, 6.07) is 0. The van der Waals surface area contributed by atoms with Crippen LogP contribution in [0, 0.1) is 0 Å². The third-order valence-electron chi connectivity index (χ3n) is 3.03. The highest BCUT2D eigenvalue weighted by atomic mass is 16.5. The van der Waals surface area contributed by atoms with E-state index in [1.54, 1.807) is 4.90 Å². The van der Waals surface area contributed by atoms with Gasteiger partial charge in [0.1, 0.15) is 0 Å². The van der Waals surface area contributed by atoms with Crippen molar-refractivity contribution in [3.8, 4) is 0 Å². The van der Waals surface area contributed by atoms with Crippen molar-refractivity contribution in [1.29, 1.82) is 0 Å². The fourth-order valence-electron chi connectivity index (χ4n) is 1.70. The van der Waals surface area contributed by atoms with E-state index < -0.39 is 5.97 Å². The molecule has 6 nitrogen and oxygen atoms in total. The van der Waals surface area contributed by atoms with Crippen LogP contribution in [-0.4, -0.2) is 38.2 Å². The van der Waals surface area contributed by atoms with Gasteiger partial charge in [-0.1, -0.05) is 5.16 Å². The van der Waals surface area contributed by atoms with Crippen molar-refractivity contribution in [2.24, 2.45) is 0 Å². The molecule has 1 heterocycles. The van der Waals surface area contributed by atoms with Crippen molar-refractivity contribution < 1.29 is 14.4 Å². The quantitative estimate of drug-likeness (QED) is 0.859. The van der Waals surface area contributed by atoms with Gasteiger partial charge in [-0.15, -0.1) is 0 Å². The van der Waals surface area contributed by atoms with Crippen LogP contribution in [0.3, 0.4) is 0 Å². The Morgan fingerprint density at radius 2 is 2.17 bits per heavy atom. The zero-order valence-electron chi connectivity index (χ0n) is 11.0. The molecule has 0 saturated heterocycles. The molecule has 0 aromatic carbocycles. The lowest BCUT2D eigenvalue weighted by atomic mass is 10.1. The zero-order valence-corrected chi connectivity index (χ0v) is 11.0. The van der Waals surface area contributed by atoms with E-state index in [0.717, 1.165) is 18.7 Å². The number of aliphatic carboxylic acids is 1. The minimum absolute atomic E-state index is 0.0371. The van der Waals surface area contributed by atoms with Gasteiger partial charge in [0, 0.05) is 11.5 Å². The second kappa shape index (κ2) is 4.68. The van der Waals surface area contributed by atoms with Gasteiger partial charge in [0.05, 0.1) is 13.1 Å². The highest BCUT2D eigenvalue weighted by Gasteiger charge is 2.30. The molecule has 2 rings (SSSR count). The molecule has 1 saturated carbocycles. The second-order valence-electron chi connectivity index (χ2n) is 5.74. The Labute approximate surface area is 106 Å². The average molecular weight is 253 g/mol. The molecule has 0 aliphatic heterocycles. The molecule has 100 valence electrons. The molecule has 0 amide bonds. The Hall–Kier alpha value is -1.43. The number of carboxylic acid groups (broad SMARTS) is 1. The lowest BCUT2D eigenvalue weighted by Crippen LogP contribution is -2.43. The maximum absolute atomic E-state index is 10.9. The summed E-state index contributed by atoms with van der Waals surface area (Å²) >= 11 is 0. The maximum atomic E-state index is 10.9. The van der Waals surface area contributed by atoms with Gasteiger partial charge in [0.15, 0.2) is 5.82 Å². The number of carbonyl (C=O) groups is 1. The van der Waals surface area contributed by atoms with E-state index in [9.17, 15) is 4.79 Å². The molecule has 1 aliphatic rings. The topological polar surface area (TPSA) is 79.5 Å². The molecule has 0 bridgehead atoms.